The molecule has 0 bridgehead atoms. The number of rotatable bonds is 9. The highest BCUT2D eigenvalue weighted by Crippen LogP contribution is 2.23. The van der Waals surface area contributed by atoms with Crippen molar-refractivity contribution in [2.45, 2.75) is 104 Å². The minimum absolute atomic E-state index is 0.0808. The maximum atomic E-state index is 13.1. The van der Waals surface area contributed by atoms with Crippen LogP contribution in [0.1, 0.15) is 89.1 Å². The Bertz CT molecular complexity index is 1010. The Morgan fingerprint density at radius 1 is 1.15 bits per heavy atom. The zero-order valence-corrected chi connectivity index (χ0v) is 24.0. The predicted octanol–water partition coefficient (Wildman–Crippen LogP) is 5.39. The lowest BCUT2D eigenvalue weighted by Crippen LogP contribution is -2.27. The molecule has 0 aromatic heterocycles. The van der Waals surface area contributed by atoms with Crippen molar-refractivity contribution < 1.29 is 34.4 Å². The van der Waals surface area contributed by atoms with E-state index in [9.17, 15) is 24.9 Å². The molecule has 39 heavy (non-hydrogen) atoms. The van der Waals surface area contributed by atoms with Crippen molar-refractivity contribution in [1.29, 1.82) is 0 Å². The molecule has 0 spiro atoms. The van der Waals surface area contributed by atoms with E-state index >= 15 is 0 Å². The summed E-state index contributed by atoms with van der Waals surface area (Å²) in [6, 6.07) is 7.10. The van der Waals surface area contributed by atoms with Crippen molar-refractivity contribution in [3.05, 3.63) is 65.3 Å². The number of carbonyl (C=O) groups is 2. The molecule has 0 unspecified atom stereocenters. The van der Waals surface area contributed by atoms with E-state index in [2.05, 4.69) is 26.8 Å². The fourth-order valence-electron chi connectivity index (χ4n) is 4.41. The molecule has 1 heterocycles. The zero-order valence-electron chi connectivity index (χ0n) is 24.0. The summed E-state index contributed by atoms with van der Waals surface area (Å²) in [5.74, 6) is -0.276. The van der Waals surface area contributed by atoms with Crippen LogP contribution in [-0.4, -0.2) is 57.8 Å². The van der Waals surface area contributed by atoms with Gasteiger partial charge in [-0.15, -0.1) is 0 Å². The molecule has 7 nitrogen and oxygen atoms in total. The zero-order chi connectivity index (χ0) is 28.9. The van der Waals surface area contributed by atoms with Crippen LogP contribution in [0.2, 0.25) is 0 Å². The van der Waals surface area contributed by atoms with E-state index in [1.54, 1.807) is 38.1 Å². The molecule has 0 amide bonds. The van der Waals surface area contributed by atoms with Crippen molar-refractivity contribution in [2.24, 2.45) is 11.8 Å². The molecular formula is C32H46O7. The normalized spacial score (nSPS) is 24.8. The molecule has 1 aromatic carbocycles. The highest BCUT2D eigenvalue weighted by molar-refractivity contribution is 5.90. The second-order valence-corrected chi connectivity index (χ2v) is 11.0. The van der Waals surface area contributed by atoms with E-state index in [1.807, 2.05) is 18.2 Å². The van der Waals surface area contributed by atoms with Gasteiger partial charge in [-0.2, -0.15) is 0 Å². The molecule has 1 aliphatic rings. The third-order valence-electron chi connectivity index (χ3n) is 6.90. The number of aliphatic hydroxyl groups is 3. The van der Waals surface area contributed by atoms with Gasteiger partial charge in [0, 0.05) is 19.3 Å². The van der Waals surface area contributed by atoms with Crippen LogP contribution in [0.4, 0.5) is 0 Å². The SMILES string of the molecule is CC(/C=C/c1cccc(C(=O)O[C@H]2CCCC(=O)O[C@@H](C(C)C)C/C=C/C[C@@H]2C)c1)=C\[C@H](O)[C@@H](O)C[C@H](C)O. The number of hydrogen-bond acceptors (Lipinski definition) is 7. The lowest BCUT2D eigenvalue weighted by atomic mass is 9.94. The van der Waals surface area contributed by atoms with Crippen LogP contribution in [0.3, 0.4) is 0 Å². The molecule has 0 saturated carbocycles. The van der Waals surface area contributed by atoms with E-state index in [1.165, 1.54) is 6.08 Å². The van der Waals surface area contributed by atoms with Crippen LogP contribution in [0.5, 0.6) is 0 Å². The first kappa shape index (κ1) is 32.5. The molecule has 6 atom stereocenters. The van der Waals surface area contributed by atoms with E-state index in [-0.39, 0.29) is 36.4 Å². The first-order chi connectivity index (χ1) is 18.5. The van der Waals surface area contributed by atoms with Crippen LogP contribution >= 0.6 is 0 Å². The molecular weight excluding hydrogens is 496 g/mol. The lowest BCUT2D eigenvalue weighted by molar-refractivity contribution is -0.151. The maximum Gasteiger partial charge on any atom is 0.338 e. The van der Waals surface area contributed by atoms with Gasteiger partial charge >= 0.3 is 11.9 Å². The second-order valence-electron chi connectivity index (χ2n) is 11.0. The minimum Gasteiger partial charge on any atom is -0.462 e. The number of ether oxygens (including phenoxy) is 2. The summed E-state index contributed by atoms with van der Waals surface area (Å²) in [5.41, 5.74) is 1.95. The predicted molar refractivity (Wildman–Crippen MR) is 153 cm³/mol. The standard InChI is InChI=1S/C32H46O7/c1-21(2)29-13-7-6-10-23(4)30(14-9-15-31(36)38-29)39-32(37)26-12-8-11-25(20-26)17-16-22(3)18-27(34)28(35)19-24(5)33/h6-8,11-12,16-18,20-21,23-24,27-30,33-35H,9-10,13-15,19H2,1-5H3/b7-6+,17-16+,22-18+/t23-,24-,27-,28-,29+,30-/m0/s1. The lowest BCUT2D eigenvalue weighted by Gasteiger charge is -2.25. The molecule has 216 valence electrons. The number of cyclic esters (lactones) is 1. The molecule has 0 radical (unpaired) electrons. The number of carbonyl (C=O) groups excluding carboxylic acids is 2. The molecule has 1 aliphatic heterocycles. The molecule has 0 fully saturated rings. The molecule has 3 N–H and O–H groups in total. The number of allylic oxidation sites excluding steroid dienone is 3. The van der Waals surface area contributed by atoms with Crippen LogP contribution in [0, 0.1) is 11.8 Å². The van der Waals surface area contributed by atoms with E-state index in [4.69, 9.17) is 9.47 Å². The van der Waals surface area contributed by atoms with Crippen LogP contribution in [-0.2, 0) is 14.3 Å². The van der Waals surface area contributed by atoms with E-state index in [0.717, 1.165) is 17.6 Å². The Morgan fingerprint density at radius 3 is 2.56 bits per heavy atom. The van der Waals surface area contributed by atoms with Gasteiger partial charge in [0.05, 0.1) is 23.9 Å². The molecule has 1 aromatic rings. The van der Waals surface area contributed by atoms with Gasteiger partial charge in [-0.3, -0.25) is 4.79 Å². The summed E-state index contributed by atoms with van der Waals surface area (Å²) in [6.07, 6.45) is 8.95. The number of aliphatic hydroxyl groups excluding tert-OH is 3. The van der Waals surface area contributed by atoms with Crippen molar-refractivity contribution in [3.8, 4) is 0 Å². The topological polar surface area (TPSA) is 113 Å². The highest BCUT2D eigenvalue weighted by Gasteiger charge is 2.24. The molecule has 0 aliphatic carbocycles. The highest BCUT2D eigenvalue weighted by atomic mass is 16.5. The van der Waals surface area contributed by atoms with Gasteiger partial charge in [0.2, 0.25) is 0 Å². The Morgan fingerprint density at radius 2 is 1.87 bits per heavy atom. The quantitative estimate of drug-likeness (QED) is 0.218. The van der Waals surface area contributed by atoms with Crippen LogP contribution < -0.4 is 0 Å². The fourth-order valence-corrected chi connectivity index (χ4v) is 4.41. The van der Waals surface area contributed by atoms with Gasteiger partial charge in [0.25, 0.3) is 0 Å². The maximum absolute atomic E-state index is 13.1. The third kappa shape index (κ3) is 11.9. The third-order valence-corrected chi connectivity index (χ3v) is 6.90. The largest absolute Gasteiger partial charge is 0.462 e. The van der Waals surface area contributed by atoms with Gasteiger partial charge in [0.1, 0.15) is 12.2 Å². The fraction of sp³-hybridized carbons (Fsp3) is 0.562. The minimum atomic E-state index is -1.09. The van der Waals surface area contributed by atoms with E-state index < -0.39 is 24.3 Å². The monoisotopic (exact) mass is 542 g/mol. The molecule has 7 heteroatoms. The Kier molecular flexibility index (Phi) is 13.6. The summed E-state index contributed by atoms with van der Waals surface area (Å²) >= 11 is 0. The van der Waals surface area contributed by atoms with Gasteiger partial charge in [-0.1, -0.05) is 68.9 Å². The van der Waals surface area contributed by atoms with Gasteiger partial charge < -0.3 is 24.8 Å². The van der Waals surface area contributed by atoms with E-state index in [0.29, 0.717) is 31.2 Å². The average Bonchev–Trinajstić information content (AvgIpc) is 2.87. The Labute approximate surface area is 233 Å². The summed E-state index contributed by atoms with van der Waals surface area (Å²) in [5, 5.41) is 29.5. The average molecular weight is 543 g/mol. The van der Waals surface area contributed by atoms with Gasteiger partial charge in [0.15, 0.2) is 0 Å². The van der Waals surface area contributed by atoms with Crippen molar-refractivity contribution in [1.82, 2.24) is 0 Å². The Balaban J connectivity index is 2.06. The first-order valence-corrected chi connectivity index (χ1v) is 14.0. The summed E-state index contributed by atoms with van der Waals surface area (Å²) < 4.78 is 11.6. The molecule has 0 saturated heterocycles. The summed E-state index contributed by atoms with van der Waals surface area (Å²) in [4.78, 5) is 25.4. The second kappa shape index (κ2) is 16.4. The Hall–Kier alpha value is -2.74. The number of benzene rings is 1. The van der Waals surface area contributed by atoms with Crippen LogP contribution in [0.25, 0.3) is 6.08 Å². The first-order valence-electron chi connectivity index (χ1n) is 14.0. The molecule has 2 rings (SSSR count). The van der Waals surface area contributed by atoms with Crippen molar-refractivity contribution in [3.63, 3.8) is 0 Å². The van der Waals surface area contributed by atoms with Crippen molar-refractivity contribution >= 4 is 18.0 Å². The van der Waals surface area contributed by atoms with Crippen molar-refractivity contribution in [2.75, 3.05) is 0 Å². The number of esters is 2. The van der Waals surface area contributed by atoms with Gasteiger partial charge in [-0.25, -0.2) is 4.79 Å². The number of hydrogen-bond donors (Lipinski definition) is 3. The summed E-state index contributed by atoms with van der Waals surface area (Å²) in [7, 11) is 0. The summed E-state index contributed by atoms with van der Waals surface area (Å²) in [6.45, 7) is 9.52. The van der Waals surface area contributed by atoms with Gasteiger partial charge in [-0.05, 0) is 62.6 Å². The van der Waals surface area contributed by atoms with Crippen LogP contribution in [0.15, 0.2) is 54.1 Å². The smallest absolute Gasteiger partial charge is 0.338 e.